The average molecular weight is 391 g/mol. The summed E-state index contributed by atoms with van der Waals surface area (Å²) >= 11 is 3.23. The van der Waals surface area contributed by atoms with Gasteiger partial charge >= 0.3 is 17.6 Å². The number of nitrogens with one attached hydrogen (secondary N) is 1. The van der Waals surface area contributed by atoms with Gasteiger partial charge < -0.3 is 14.2 Å². The molecule has 4 atom stereocenters. The van der Waals surface area contributed by atoms with Gasteiger partial charge in [0.05, 0.1) is 0 Å². The van der Waals surface area contributed by atoms with Crippen LogP contribution in [-0.4, -0.2) is 45.1 Å². The Morgan fingerprint density at radius 2 is 1.87 bits per heavy atom. The van der Waals surface area contributed by atoms with E-state index in [0.29, 0.717) is 0 Å². The first-order chi connectivity index (χ1) is 10.8. The van der Waals surface area contributed by atoms with Crippen molar-refractivity contribution in [3.8, 4) is 0 Å². The van der Waals surface area contributed by atoms with Crippen molar-refractivity contribution in [1.29, 1.82) is 0 Å². The second-order valence-corrected chi connectivity index (χ2v) is 5.53. The fourth-order valence-electron chi connectivity index (χ4n) is 2.34. The number of aromatic amines is 1. The molecule has 126 valence electrons. The van der Waals surface area contributed by atoms with Crippen molar-refractivity contribution in [1.82, 2.24) is 9.55 Å². The van der Waals surface area contributed by atoms with Crippen LogP contribution in [0.25, 0.3) is 0 Å². The quantitative estimate of drug-likeness (QED) is 0.553. The monoisotopic (exact) mass is 390 g/mol. The fraction of sp³-hybridized carbons (Fsp3) is 0.538. The summed E-state index contributed by atoms with van der Waals surface area (Å²) in [7, 11) is 0. The van der Waals surface area contributed by atoms with Gasteiger partial charge in [-0.2, -0.15) is 0 Å². The Balaban J connectivity index is 2.43. The van der Waals surface area contributed by atoms with Crippen LogP contribution in [0.4, 0.5) is 0 Å². The number of carbonyl (C=O) groups is 2. The van der Waals surface area contributed by atoms with Crippen LogP contribution in [0.5, 0.6) is 0 Å². The second-order valence-electron chi connectivity index (χ2n) is 4.88. The molecule has 1 N–H and O–H groups in total. The lowest BCUT2D eigenvalue weighted by Gasteiger charge is -2.23. The van der Waals surface area contributed by atoms with Gasteiger partial charge in [-0.25, -0.2) is 4.79 Å². The number of esters is 2. The van der Waals surface area contributed by atoms with Crippen LogP contribution in [0.3, 0.4) is 0 Å². The van der Waals surface area contributed by atoms with Crippen molar-refractivity contribution in [2.24, 2.45) is 0 Å². The summed E-state index contributed by atoms with van der Waals surface area (Å²) in [5, 5.41) is 0.289. The first-order valence-electron chi connectivity index (χ1n) is 6.71. The van der Waals surface area contributed by atoms with Gasteiger partial charge in [0.15, 0.2) is 18.4 Å². The molecule has 0 aromatic carbocycles. The lowest BCUT2D eigenvalue weighted by Crippen LogP contribution is -2.41. The van der Waals surface area contributed by atoms with E-state index in [0.717, 1.165) is 10.6 Å². The lowest BCUT2D eigenvalue weighted by atomic mass is 10.1. The number of nitrogens with zero attached hydrogens (tertiary/aromatic N) is 1. The largest absolute Gasteiger partial charge is 0.456 e. The van der Waals surface area contributed by atoms with Gasteiger partial charge in [0.2, 0.25) is 0 Å². The minimum atomic E-state index is -1.03. The van der Waals surface area contributed by atoms with Gasteiger partial charge in [-0.1, -0.05) is 15.9 Å². The van der Waals surface area contributed by atoms with Crippen molar-refractivity contribution >= 4 is 27.9 Å². The minimum absolute atomic E-state index is 0.289. The molecule has 0 unspecified atom stereocenters. The number of halogens is 1. The highest BCUT2D eigenvalue weighted by Crippen LogP contribution is 2.33. The van der Waals surface area contributed by atoms with E-state index in [1.165, 1.54) is 20.0 Å². The molecule has 0 amide bonds. The molecule has 0 bridgehead atoms. The SMILES string of the molecule is CC(=O)O[C@@H]1[C@H](OC(C)=O)[C@@H](CBr)O[C@H]1n1ccc(=O)[nH]c1=O. The van der Waals surface area contributed by atoms with Crippen molar-refractivity contribution < 1.29 is 23.8 Å². The third-order valence-electron chi connectivity index (χ3n) is 3.17. The average Bonchev–Trinajstić information content (AvgIpc) is 2.76. The Morgan fingerprint density at radius 3 is 2.39 bits per heavy atom. The van der Waals surface area contributed by atoms with Crippen LogP contribution < -0.4 is 11.2 Å². The molecular weight excluding hydrogens is 376 g/mol. The highest BCUT2D eigenvalue weighted by Gasteiger charge is 2.49. The standard InChI is InChI=1S/C13H15BrN2O7/c1-6(17)21-10-8(5-14)23-12(11(10)22-7(2)18)16-4-3-9(19)15-13(16)20/h3-4,8,10-12H,5H2,1-2H3,(H,15,19,20)/t8-,10-,11-,12-/m1/s1. The van der Waals surface area contributed by atoms with E-state index < -0.39 is 47.7 Å². The van der Waals surface area contributed by atoms with Crippen LogP contribution in [0.1, 0.15) is 20.1 Å². The molecule has 1 fully saturated rings. The van der Waals surface area contributed by atoms with Gasteiger partial charge in [-0.15, -0.1) is 0 Å². The predicted molar refractivity (Wildman–Crippen MR) is 80.1 cm³/mol. The van der Waals surface area contributed by atoms with E-state index in [1.54, 1.807) is 0 Å². The lowest BCUT2D eigenvalue weighted by molar-refractivity contribution is -0.165. The highest BCUT2D eigenvalue weighted by molar-refractivity contribution is 9.09. The number of aromatic nitrogens is 2. The van der Waals surface area contributed by atoms with Gasteiger partial charge in [0, 0.05) is 31.4 Å². The molecule has 9 nitrogen and oxygen atoms in total. The summed E-state index contributed by atoms with van der Waals surface area (Å²) in [4.78, 5) is 47.9. The van der Waals surface area contributed by atoms with E-state index >= 15 is 0 Å². The van der Waals surface area contributed by atoms with Gasteiger partial charge in [0.1, 0.15) is 6.10 Å². The summed E-state index contributed by atoms with van der Waals surface area (Å²) in [6.45, 7) is 2.41. The smallest absolute Gasteiger partial charge is 0.330 e. The molecule has 2 rings (SSSR count). The minimum Gasteiger partial charge on any atom is -0.456 e. The molecule has 0 radical (unpaired) electrons. The molecular formula is C13H15BrN2O7. The van der Waals surface area contributed by atoms with E-state index in [4.69, 9.17) is 14.2 Å². The zero-order valence-corrected chi connectivity index (χ0v) is 13.9. The zero-order chi connectivity index (χ0) is 17.1. The van der Waals surface area contributed by atoms with E-state index in [9.17, 15) is 19.2 Å². The van der Waals surface area contributed by atoms with Crippen LogP contribution in [-0.2, 0) is 23.8 Å². The van der Waals surface area contributed by atoms with Crippen molar-refractivity contribution in [3.63, 3.8) is 0 Å². The highest BCUT2D eigenvalue weighted by atomic mass is 79.9. The van der Waals surface area contributed by atoms with E-state index in [2.05, 4.69) is 20.9 Å². The summed E-state index contributed by atoms with van der Waals surface area (Å²) < 4.78 is 17.1. The molecule has 23 heavy (non-hydrogen) atoms. The molecule has 1 aromatic heterocycles. The maximum Gasteiger partial charge on any atom is 0.330 e. The van der Waals surface area contributed by atoms with Crippen LogP contribution in [0, 0.1) is 0 Å². The Bertz CT molecular complexity index is 713. The van der Waals surface area contributed by atoms with E-state index in [1.807, 2.05) is 0 Å². The summed E-state index contributed by atoms with van der Waals surface area (Å²) in [6.07, 6.45) is -2.35. The maximum atomic E-state index is 11.9. The zero-order valence-electron chi connectivity index (χ0n) is 12.4. The third kappa shape index (κ3) is 3.88. The number of H-pyrrole nitrogens is 1. The molecule has 1 aliphatic rings. The normalized spacial score (nSPS) is 26.7. The van der Waals surface area contributed by atoms with Gasteiger partial charge in [0.25, 0.3) is 5.56 Å². The Hall–Kier alpha value is -1.94. The number of hydrogen-bond donors (Lipinski definition) is 1. The molecule has 1 aromatic rings. The molecule has 1 saturated heterocycles. The maximum absolute atomic E-state index is 11.9. The third-order valence-corrected chi connectivity index (χ3v) is 3.81. The van der Waals surface area contributed by atoms with Gasteiger partial charge in [-0.3, -0.25) is 23.9 Å². The number of rotatable bonds is 4. The van der Waals surface area contributed by atoms with Crippen molar-refractivity contribution in [2.45, 2.75) is 38.4 Å². The van der Waals surface area contributed by atoms with Crippen LogP contribution in [0.2, 0.25) is 0 Å². The number of carbonyl (C=O) groups excluding carboxylic acids is 2. The topological polar surface area (TPSA) is 117 Å². The number of hydrogen-bond acceptors (Lipinski definition) is 7. The van der Waals surface area contributed by atoms with E-state index in [-0.39, 0.29) is 5.33 Å². The summed E-state index contributed by atoms with van der Waals surface area (Å²) in [5.74, 6) is -1.19. The summed E-state index contributed by atoms with van der Waals surface area (Å²) in [5.41, 5.74) is -1.29. The fourth-order valence-corrected chi connectivity index (χ4v) is 2.86. The second kappa shape index (κ2) is 7.09. The first-order valence-corrected chi connectivity index (χ1v) is 7.83. The predicted octanol–water partition coefficient (Wildman–Crippen LogP) is -0.308. The molecule has 1 aliphatic heterocycles. The molecule has 10 heteroatoms. The number of ether oxygens (including phenoxy) is 3. The van der Waals surface area contributed by atoms with Gasteiger partial charge in [-0.05, 0) is 0 Å². The van der Waals surface area contributed by atoms with Crippen LogP contribution >= 0.6 is 15.9 Å². The first kappa shape index (κ1) is 17.4. The Morgan fingerprint density at radius 1 is 1.26 bits per heavy atom. The van der Waals surface area contributed by atoms with Crippen molar-refractivity contribution in [3.05, 3.63) is 33.1 Å². The van der Waals surface area contributed by atoms with Crippen LogP contribution in [0.15, 0.2) is 21.9 Å². The van der Waals surface area contributed by atoms with Crippen molar-refractivity contribution in [2.75, 3.05) is 5.33 Å². The Labute approximate surface area is 138 Å². The molecule has 2 heterocycles. The summed E-state index contributed by atoms with van der Waals surface area (Å²) in [6, 6.07) is 1.14. The Kier molecular flexibility index (Phi) is 5.37. The molecule has 0 saturated carbocycles. The molecule has 0 spiro atoms. The number of alkyl halides is 1. The molecule has 0 aliphatic carbocycles.